The molecule has 0 atom stereocenters. The lowest BCUT2D eigenvalue weighted by atomic mass is 10.0. The maximum atomic E-state index is 13.1. The Morgan fingerprint density at radius 2 is 1.77 bits per heavy atom. The minimum Gasteiger partial charge on any atom is -0.324 e. The summed E-state index contributed by atoms with van der Waals surface area (Å²) in [4.78, 5) is 31.9. The van der Waals surface area contributed by atoms with Crippen LogP contribution in [0.5, 0.6) is 0 Å². The highest BCUT2D eigenvalue weighted by Gasteiger charge is 2.39. The molecule has 7 nitrogen and oxygen atoms in total. The van der Waals surface area contributed by atoms with Gasteiger partial charge < -0.3 is 15.1 Å². The first-order valence-corrected chi connectivity index (χ1v) is 11.2. The molecule has 0 bridgehead atoms. The van der Waals surface area contributed by atoms with Gasteiger partial charge >= 0.3 is 7.60 Å². The van der Waals surface area contributed by atoms with E-state index in [-0.39, 0.29) is 5.82 Å². The second kappa shape index (κ2) is 8.57. The van der Waals surface area contributed by atoms with Gasteiger partial charge in [0.25, 0.3) is 0 Å². The summed E-state index contributed by atoms with van der Waals surface area (Å²) in [5, 5.41) is 5.38. The van der Waals surface area contributed by atoms with Gasteiger partial charge in [0.1, 0.15) is 11.5 Å². The van der Waals surface area contributed by atoms with Crippen LogP contribution in [0.15, 0.2) is 54.6 Å². The van der Waals surface area contributed by atoms with Crippen molar-refractivity contribution in [1.82, 2.24) is 9.59 Å². The highest BCUT2D eigenvalue weighted by molar-refractivity contribution is 7.53. The van der Waals surface area contributed by atoms with E-state index in [2.05, 4.69) is 14.9 Å². The Labute approximate surface area is 176 Å². The quantitative estimate of drug-likeness (QED) is 0.381. The van der Waals surface area contributed by atoms with E-state index in [1.165, 1.54) is 32.1 Å². The third kappa shape index (κ3) is 4.88. The number of rotatable bonds is 6. The minimum atomic E-state index is -4.33. The van der Waals surface area contributed by atoms with Gasteiger partial charge in [-0.3, -0.25) is 9.36 Å². The van der Waals surface area contributed by atoms with Crippen molar-refractivity contribution in [2.24, 2.45) is 0 Å². The van der Waals surface area contributed by atoms with Crippen molar-refractivity contribution in [3.05, 3.63) is 70.9 Å². The van der Waals surface area contributed by atoms with E-state index in [1.807, 2.05) is 0 Å². The fourth-order valence-electron chi connectivity index (χ4n) is 2.58. The average Bonchev–Trinajstić information content (AvgIpc) is 3.15. The molecule has 0 spiro atoms. The van der Waals surface area contributed by atoms with Crippen LogP contribution in [-0.4, -0.2) is 25.3 Å². The minimum absolute atomic E-state index is 0.353. The maximum absolute atomic E-state index is 13.1. The number of anilines is 1. The molecule has 0 aliphatic heterocycles. The predicted octanol–water partition coefficient (Wildman–Crippen LogP) is 4.41. The van der Waals surface area contributed by atoms with E-state index in [4.69, 9.17) is 0 Å². The van der Waals surface area contributed by atoms with E-state index < -0.39 is 18.7 Å². The molecule has 2 aromatic carbocycles. The summed E-state index contributed by atoms with van der Waals surface area (Å²) in [6, 6.07) is 12.1. The normalized spacial score (nSPS) is 12.3. The van der Waals surface area contributed by atoms with Gasteiger partial charge in [0.05, 0.1) is 10.0 Å². The topological polar surface area (TPSA) is 112 Å². The van der Waals surface area contributed by atoms with Crippen molar-refractivity contribution in [3.63, 3.8) is 0 Å². The fourth-order valence-corrected chi connectivity index (χ4v) is 3.65. The summed E-state index contributed by atoms with van der Waals surface area (Å²) in [5.74, 6) is -0.746. The molecule has 0 fully saturated rings. The molecule has 156 valence electrons. The Morgan fingerprint density at radius 1 is 1.13 bits per heavy atom. The van der Waals surface area contributed by atoms with Crippen LogP contribution in [0.1, 0.15) is 24.3 Å². The van der Waals surface area contributed by atoms with E-state index in [0.29, 0.717) is 27.4 Å². The zero-order valence-electron chi connectivity index (χ0n) is 16.1. The molecule has 3 N–H and O–H groups in total. The molecule has 0 aliphatic carbocycles. The van der Waals surface area contributed by atoms with Crippen molar-refractivity contribution in [3.8, 4) is 11.3 Å². The van der Waals surface area contributed by atoms with Crippen LogP contribution >= 0.6 is 19.1 Å². The van der Waals surface area contributed by atoms with Crippen LogP contribution in [-0.2, 0) is 14.5 Å². The molecule has 0 unspecified atom stereocenters. The number of halogens is 1. The van der Waals surface area contributed by atoms with E-state index in [1.54, 1.807) is 42.5 Å². The van der Waals surface area contributed by atoms with Gasteiger partial charge in [-0.15, -0.1) is 5.10 Å². The third-order valence-electron chi connectivity index (χ3n) is 4.60. The molecule has 10 heteroatoms. The van der Waals surface area contributed by atoms with Gasteiger partial charge in [-0.25, -0.2) is 4.39 Å². The molecule has 1 aromatic heterocycles. The molecule has 3 rings (SSSR count). The summed E-state index contributed by atoms with van der Waals surface area (Å²) in [5.41, 5.74) is 2.18. The summed E-state index contributed by atoms with van der Waals surface area (Å²) >= 11 is 1.11. The molecule has 0 aliphatic rings. The third-order valence-corrected chi connectivity index (χ3v) is 7.01. The first-order valence-electron chi connectivity index (χ1n) is 8.81. The Kier molecular flexibility index (Phi) is 6.28. The Hall–Kier alpha value is -2.71. The first-order chi connectivity index (χ1) is 14.1. The van der Waals surface area contributed by atoms with Crippen molar-refractivity contribution in [2.75, 3.05) is 5.32 Å². The Bertz CT molecular complexity index is 1120. The summed E-state index contributed by atoms with van der Waals surface area (Å²) in [7, 11) is -4.33. The van der Waals surface area contributed by atoms with Crippen molar-refractivity contribution in [2.45, 2.75) is 19.0 Å². The number of benzene rings is 2. The number of amides is 1. The highest BCUT2D eigenvalue weighted by Crippen LogP contribution is 2.56. The Morgan fingerprint density at radius 3 is 2.37 bits per heavy atom. The number of hydrogen-bond acceptors (Lipinski definition) is 5. The molecule has 1 heterocycles. The van der Waals surface area contributed by atoms with Gasteiger partial charge in [-0.05, 0) is 73.4 Å². The summed E-state index contributed by atoms with van der Waals surface area (Å²) < 4.78 is 28.6. The van der Waals surface area contributed by atoms with Gasteiger partial charge in [0, 0.05) is 17.3 Å². The fraction of sp³-hybridized carbons (Fsp3) is 0.150. The van der Waals surface area contributed by atoms with Crippen LogP contribution in [0.25, 0.3) is 17.3 Å². The number of hydrogen-bond donors (Lipinski definition) is 3. The lowest BCUT2D eigenvalue weighted by molar-refractivity contribution is -0.111. The van der Waals surface area contributed by atoms with Crippen LogP contribution in [0.2, 0.25) is 0 Å². The number of nitrogens with one attached hydrogen (secondary N) is 1. The zero-order valence-corrected chi connectivity index (χ0v) is 17.8. The van der Waals surface area contributed by atoms with Crippen LogP contribution in [0.4, 0.5) is 10.1 Å². The zero-order chi connectivity index (χ0) is 21.9. The second-order valence-electron chi connectivity index (χ2n) is 7.00. The Balaban J connectivity index is 1.70. The molecule has 0 saturated heterocycles. The monoisotopic (exact) mass is 447 g/mol. The molecule has 1 amide bonds. The summed E-state index contributed by atoms with van der Waals surface area (Å²) in [6.45, 7) is 2.93. The van der Waals surface area contributed by atoms with Gasteiger partial charge in [0.15, 0.2) is 0 Å². The second-order valence-corrected chi connectivity index (χ2v) is 9.99. The van der Waals surface area contributed by atoms with Crippen molar-refractivity contribution in [1.29, 1.82) is 0 Å². The van der Waals surface area contributed by atoms with Crippen LogP contribution in [0.3, 0.4) is 0 Å². The van der Waals surface area contributed by atoms with Gasteiger partial charge in [-0.2, -0.15) is 0 Å². The van der Waals surface area contributed by atoms with E-state index >= 15 is 0 Å². The first kappa shape index (κ1) is 22.0. The largest absolute Gasteiger partial charge is 0.335 e. The number of carbonyl (C=O) groups excluding carboxylic acids is 1. The molecule has 0 radical (unpaired) electrons. The summed E-state index contributed by atoms with van der Waals surface area (Å²) in [6.07, 6.45) is 2.90. The molecular formula is C20H19FN3O4PS. The number of nitrogens with zero attached hydrogens (tertiary/aromatic N) is 2. The smallest absolute Gasteiger partial charge is 0.324 e. The van der Waals surface area contributed by atoms with E-state index in [9.17, 15) is 23.5 Å². The van der Waals surface area contributed by atoms with Gasteiger partial charge in [-0.1, -0.05) is 16.6 Å². The predicted molar refractivity (Wildman–Crippen MR) is 114 cm³/mol. The maximum Gasteiger partial charge on any atom is 0.335 e. The molecule has 30 heavy (non-hydrogen) atoms. The van der Waals surface area contributed by atoms with Crippen LogP contribution < -0.4 is 5.32 Å². The van der Waals surface area contributed by atoms with Crippen molar-refractivity contribution >= 4 is 36.8 Å². The number of carbonyl (C=O) groups is 1. The van der Waals surface area contributed by atoms with Crippen LogP contribution in [0, 0.1) is 5.82 Å². The average molecular weight is 447 g/mol. The molecular weight excluding hydrogens is 428 g/mol. The molecule has 0 saturated carbocycles. The standard InChI is InChI=1S/C20H19FN3O4PS/c1-20(2,29(26,27)28)14-5-9-16(10-6-14)22-18(25)12-11-17-19(23-24-30-17)13-3-7-15(21)8-4-13/h3-12H,1-2H3,(H,22,25)(H2,26,27,28)/b12-11+. The SMILES string of the molecule is CC(C)(c1ccc(NC(=O)/C=C/c2snnc2-c2ccc(F)cc2)cc1)P(=O)(O)O. The lowest BCUT2D eigenvalue weighted by Gasteiger charge is -2.26. The molecule has 3 aromatic rings. The number of aromatic nitrogens is 2. The lowest BCUT2D eigenvalue weighted by Crippen LogP contribution is -2.17. The highest BCUT2D eigenvalue weighted by atomic mass is 32.1. The van der Waals surface area contributed by atoms with Gasteiger partial charge in [0.2, 0.25) is 5.91 Å². The van der Waals surface area contributed by atoms with E-state index in [0.717, 1.165) is 11.5 Å². The van der Waals surface area contributed by atoms with Crippen molar-refractivity contribution < 1.29 is 23.5 Å².